The van der Waals surface area contributed by atoms with Crippen LogP contribution >= 0.6 is 0 Å². The summed E-state index contributed by atoms with van der Waals surface area (Å²) in [7, 11) is 1.25. The number of aromatic nitrogens is 2. The summed E-state index contributed by atoms with van der Waals surface area (Å²) in [5.41, 5.74) is 0.998. The molecule has 4 aromatic rings. The van der Waals surface area contributed by atoms with E-state index in [-0.39, 0.29) is 16.8 Å². The first kappa shape index (κ1) is 18.0. The van der Waals surface area contributed by atoms with Crippen molar-refractivity contribution >= 4 is 22.5 Å². The summed E-state index contributed by atoms with van der Waals surface area (Å²) in [5.74, 6) is -1.11. The molecule has 0 radical (unpaired) electrons. The number of halogens is 4. The molecule has 0 unspecified atom stereocenters. The van der Waals surface area contributed by atoms with Gasteiger partial charge in [-0.1, -0.05) is 12.1 Å². The molecule has 0 N–H and O–H groups in total. The number of rotatable bonds is 2. The molecule has 0 aliphatic carbocycles. The van der Waals surface area contributed by atoms with E-state index in [0.717, 1.165) is 12.1 Å². The Bertz CT molecular complexity index is 1210. The zero-order chi connectivity index (χ0) is 20.1. The van der Waals surface area contributed by atoms with Gasteiger partial charge >= 0.3 is 12.1 Å². The van der Waals surface area contributed by atoms with E-state index in [1.165, 1.54) is 43.6 Å². The number of carbonyl (C=O) groups is 1. The molecule has 0 aliphatic heterocycles. The van der Waals surface area contributed by atoms with Gasteiger partial charge in [0.1, 0.15) is 5.52 Å². The van der Waals surface area contributed by atoms with Crippen molar-refractivity contribution in [2.24, 2.45) is 0 Å². The first-order valence-corrected chi connectivity index (χ1v) is 8.16. The summed E-state index contributed by atoms with van der Waals surface area (Å²) in [6.45, 7) is 0. The smallest absolute Gasteiger partial charge is 0.416 e. The average molecular weight is 388 g/mol. The highest BCUT2D eigenvalue weighted by Gasteiger charge is 2.30. The number of fused-ring (bicyclic) bond motifs is 3. The summed E-state index contributed by atoms with van der Waals surface area (Å²) < 4.78 is 59.2. The van der Waals surface area contributed by atoms with Gasteiger partial charge in [0.15, 0.2) is 5.82 Å². The molecular formula is C20H12F4N2O2. The lowest BCUT2D eigenvalue weighted by atomic mass is 10.1. The van der Waals surface area contributed by atoms with Gasteiger partial charge in [-0.05, 0) is 36.4 Å². The second kappa shape index (κ2) is 6.33. The molecule has 4 nitrogen and oxygen atoms in total. The number of alkyl halides is 3. The summed E-state index contributed by atoms with van der Waals surface area (Å²) >= 11 is 0. The maximum absolute atomic E-state index is 14.4. The molecule has 8 heteroatoms. The highest BCUT2D eigenvalue weighted by molar-refractivity contribution is 5.95. The molecule has 2 aromatic heterocycles. The second-order valence-electron chi connectivity index (χ2n) is 6.11. The number of esters is 1. The highest BCUT2D eigenvalue weighted by Crippen LogP contribution is 2.33. The van der Waals surface area contributed by atoms with Gasteiger partial charge in [-0.25, -0.2) is 14.2 Å². The third kappa shape index (κ3) is 2.87. The predicted octanol–water partition coefficient (Wildman–Crippen LogP) is 5.10. The quantitative estimate of drug-likeness (QED) is 0.355. The van der Waals surface area contributed by atoms with Crippen molar-refractivity contribution < 1.29 is 27.1 Å². The number of ether oxygens (including phenoxy) is 1. The van der Waals surface area contributed by atoms with Gasteiger partial charge in [-0.3, -0.25) is 0 Å². The van der Waals surface area contributed by atoms with Crippen molar-refractivity contribution in [1.29, 1.82) is 0 Å². The first-order chi connectivity index (χ1) is 13.3. The zero-order valence-electron chi connectivity index (χ0n) is 14.4. The van der Waals surface area contributed by atoms with Crippen molar-refractivity contribution in [2.45, 2.75) is 6.18 Å². The molecular weight excluding hydrogens is 376 g/mol. The molecule has 0 fully saturated rings. The maximum Gasteiger partial charge on any atom is 0.416 e. The number of benzene rings is 2. The maximum atomic E-state index is 14.4. The topological polar surface area (TPSA) is 43.6 Å². The van der Waals surface area contributed by atoms with Gasteiger partial charge in [0.2, 0.25) is 0 Å². The minimum absolute atomic E-state index is 0.137. The van der Waals surface area contributed by atoms with E-state index in [2.05, 4.69) is 4.98 Å². The van der Waals surface area contributed by atoms with Crippen LogP contribution in [0.2, 0.25) is 0 Å². The van der Waals surface area contributed by atoms with Crippen molar-refractivity contribution in [3.8, 4) is 11.3 Å². The Morgan fingerprint density at radius 2 is 1.79 bits per heavy atom. The Morgan fingerprint density at radius 3 is 2.43 bits per heavy atom. The number of hydrogen-bond acceptors (Lipinski definition) is 3. The number of nitrogens with zero attached hydrogens (tertiary/aromatic N) is 2. The van der Waals surface area contributed by atoms with Crippen LogP contribution in [0.15, 0.2) is 54.7 Å². The third-order valence-corrected chi connectivity index (χ3v) is 4.44. The summed E-state index contributed by atoms with van der Waals surface area (Å²) in [5, 5.41) is 0. The van der Waals surface area contributed by atoms with Crippen LogP contribution in [0.4, 0.5) is 17.6 Å². The number of carbonyl (C=O) groups excluding carboxylic acids is 1. The SMILES string of the molecule is COC(=O)c1ccc2c(c1)nc(-c1ccc(C(F)(F)F)cc1)c1c(F)ccn12. The van der Waals surface area contributed by atoms with Gasteiger partial charge in [0, 0.05) is 11.8 Å². The fourth-order valence-electron chi connectivity index (χ4n) is 3.09. The van der Waals surface area contributed by atoms with Crippen LogP contribution in [-0.2, 0) is 10.9 Å². The summed E-state index contributed by atoms with van der Waals surface area (Å²) in [4.78, 5) is 16.2. The molecule has 0 aliphatic rings. The van der Waals surface area contributed by atoms with Crippen LogP contribution in [-0.4, -0.2) is 22.5 Å². The van der Waals surface area contributed by atoms with E-state index >= 15 is 0 Å². The van der Waals surface area contributed by atoms with Crippen molar-refractivity contribution in [3.05, 3.63) is 71.7 Å². The lowest BCUT2D eigenvalue weighted by molar-refractivity contribution is -0.137. The molecule has 0 saturated heterocycles. The average Bonchev–Trinajstić information content (AvgIpc) is 3.07. The molecule has 0 bridgehead atoms. The molecule has 0 saturated carbocycles. The minimum Gasteiger partial charge on any atom is -0.465 e. The predicted molar refractivity (Wildman–Crippen MR) is 94.4 cm³/mol. The standard InChI is InChI=1S/C20H12F4N2O2/c1-28-19(27)12-4-7-16-15(10-12)25-17(18-14(21)8-9-26(16)18)11-2-5-13(6-3-11)20(22,23)24/h2-10H,1H3. The number of hydrogen-bond donors (Lipinski definition) is 0. The summed E-state index contributed by atoms with van der Waals surface area (Å²) in [6, 6.07) is 10.2. The molecule has 2 aromatic carbocycles. The lowest BCUT2D eigenvalue weighted by Gasteiger charge is -2.11. The van der Waals surface area contributed by atoms with E-state index in [0.29, 0.717) is 16.6 Å². The van der Waals surface area contributed by atoms with Crippen LogP contribution in [0.25, 0.3) is 27.8 Å². The largest absolute Gasteiger partial charge is 0.465 e. The zero-order valence-corrected chi connectivity index (χ0v) is 14.4. The van der Waals surface area contributed by atoms with Crippen LogP contribution in [0, 0.1) is 5.82 Å². The molecule has 4 rings (SSSR count). The van der Waals surface area contributed by atoms with Gasteiger partial charge in [0.05, 0.1) is 35.0 Å². The lowest BCUT2D eigenvalue weighted by Crippen LogP contribution is -2.04. The van der Waals surface area contributed by atoms with E-state index < -0.39 is 23.5 Å². The normalized spacial score (nSPS) is 11.9. The Morgan fingerprint density at radius 1 is 1.07 bits per heavy atom. The summed E-state index contributed by atoms with van der Waals surface area (Å²) in [6.07, 6.45) is -2.97. The molecule has 2 heterocycles. The molecule has 0 spiro atoms. The van der Waals surface area contributed by atoms with Crippen LogP contribution in [0.1, 0.15) is 15.9 Å². The fraction of sp³-hybridized carbons (Fsp3) is 0.100. The van der Waals surface area contributed by atoms with Gasteiger partial charge in [-0.2, -0.15) is 13.2 Å². The van der Waals surface area contributed by atoms with E-state index in [1.807, 2.05) is 0 Å². The van der Waals surface area contributed by atoms with Crippen LogP contribution in [0.5, 0.6) is 0 Å². The molecule has 0 amide bonds. The van der Waals surface area contributed by atoms with E-state index in [4.69, 9.17) is 4.74 Å². The Labute approximate surface area is 156 Å². The van der Waals surface area contributed by atoms with E-state index in [1.54, 1.807) is 10.5 Å². The molecule has 142 valence electrons. The van der Waals surface area contributed by atoms with E-state index in [9.17, 15) is 22.4 Å². The highest BCUT2D eigenvalue weighted by atomic mass is 19.4. The third-order valence-electron chi connectivity index (χ3n) is 4.44. The van der Waals surface area contributed by atoms with Gasteiger partial charge in [0.25, 0.3) is 0 Å². The number of methoxy groups -OCH3 is 1. The molecule has 0 atom stereocenters. The monoisotopic (exact) mass is 388 g/mol. The van der Waals surface area contributed by atoms with Gasteiger partial charge < -0.3 is 9.14 Å². The van der Waals surface area contributed by atoms with Gasteiger partial charge in [-0.15, -0.1) is 0 Å². The van der Waals surface area contributed by atoms with Crippen LogP contribution < -0.4 is 0 Å². The van der Waals surface area contributed by atoms with Crippen LogP contribution in [0.3, 0.4) is 0 Å². The Balaban J connectivity index is 1.97. The fourth-order valence-corrected chi connectivity index (χ4v) is 3.09. The second-order valence-corrected chi connectivity index (χ2v) is 6.11. The molecule has 28 heavy (non-hydrogen) atoms. The Hall–Kier alpha value is -3.42. The van der Waals surface area contributed by atoms with Crippen molar-refractivity contribution in [3.63, 3.8) is 0 Å². The van der Waals surface area contributed by atoms with Crippen molar-refractivity contribution in [1.82, 2.24) is 9.38 Å². The Kier molecular flexibility index (Phi) is 4.06. The first-order valence-electron chi connectivity index (χ1n) is 8.16. The minimum atomic E-state index is -4.47. The van der Waals surface area contributed by atoms with Crippen molar-refractivity contribution in [2.75, 3.05) is 7.11 Å².